The number of amides is 2. The molecule has 2 unspecified atom stereocenters. The summed E-state index contributed by atoms with van der Waals surface area (Å²) in [4.78, 5) is 37.8. The number of halogens is 1. The van der Waals surface area contributed by atoms with Crippen molar-refractivity contribution in [3.63, 3.8) is 0 Å². The molecular formula is C17H21BrN2O4. The zero-order chi connectivity index (χ0) is 17.9. The SMILES string of the molecule is CC(C)CC(NC(=O)C1CCN(c2ccccc2Br)C1=O)C(=O)O. The highest BCUT2D eigenvalue weighted by atomic mass is 79.9. The predicted molar refractivity (Wildman–Crippen MR) is 93.6 cm³/mol. The van der Waals surface area contributed by atoms with E-state index in [9.17, 15) is 19.5 Å². The molecule has 0 bridgehead atoms. The fourth-order valence-electron chi connectivity index (χ4n) is 2.80. The fraction of sp³-hybridized carbons (Fsp3) is 0.471. The summed E-state index contributed by atoms with van der Waals surface area (Å²) in [5.41, 5.74) is 0.717. The van der Waals surface area contributed by atoms with Crippen molar-refractivity contribution in [2.24, 2.45) is 11.8 Å². The maximum atomic E-state index is 12.6. The first kappa shape index (κ1) is 18.4. The average molecular weight is 397 g/mol. The van der Waals surface area contributed by atoms with Gasteiger partial charge in [-0.2, -0.15) is 0 Å². The van der Waals surface area contributed by atoms with Gasteiger partial charge in [-0.15, -0.1) is 0 Å². The monoisotopic (exact) mass is 396 g/mol. The first-order chi connectivity index (χ1) is 11.3. The molecule has 0 saturated carbocycles. The summed E-state index contributed by atoms with van der Waals surface area (Å²) in [6.07, 6.45) is 0.704. The third kappa shape index (κ3) is 4.14. The Morgan fingerprint density at radius 3 is 2.62 bits per heavy atom. The lowest BCUT2D eigenvalue weighted by Gasteiger charge is -2.20. The third-order valence-electron chi connectivity index (χ3n) is 3.99. The molecular weight excluding hydrogens is 376 g/mol. The Balaban J connectivity index is 2.08. The van der Waals surface area contributed by atoms with Crippen LogP contribution in [0.5, 0.6) is 0 Å². The number of carboxylic acid groups (broad SMARTS) is 1. The second kappa shape index (κ2) is 7.79. The molecule has 1 aliphatic heterocycles. The third-order valence-corrected chi connectivity index (χ3v) is 4.66. The number of carbonyl (C=O) groups excluding carboxylic acids is 2. The van der Waals surface area contributed by atoms with E-state index in [0.29, 0.717) is 19.4 Å². The summed E-state index contributed by atoms with van der Waals surface area (Å²) in [5, 5.41) is 11.7. The first-order valence-electron chi connectivity index (χ1n) is 7.90. The maximum Gasteiger partial charge on any atom is 0.326 e. The Morgan fingerprint density at radius 1 is 1.38 bits per heavy atom. The number of rotatable bonds is 6. The van der Waals surface area contributed by atoms with Crippen LogP contribution in [0.25, 0.3) is 0 Å². The number of nitrogens with zero attached hydrogens (tertiary/aromatic N) is 1. The Hall–Kier alpha value is -1.89. The van der Waals surface area contributed by atoms with Gasteiger partial charge in [0, 0.05) is 11.0 Å². The molecule has 2 rings (SSSR count). The molecule has 0 aliphatic carbocycles. The second-order valence-corrected chi connectivity index (χ2v) is 7.17. The quantitative estimate of drug-likeness (QED) is 0.722. The van der Waals surface area contributed by atoms with Crippen LogP contribution in [-0.4, -0.2) is 35.5 Å². The minimum absolute atomic E-state index is 0.127. The largest absolute Gasteiger partial charge is 0.480 e. The summed E-state index contributed by atoms with van der Waals surface area (Å²) < 4.78 is 0.780. The Kier molecular flexibility index (Phi) is 5.99. The van der Waals surface area contributed by atoms with Crippen LogP contribution < -0.4 is 10.2 Å². The van der Waals surface area contributed by atoms with E-state index in [-0.39, 0.29) is 11.8 Å². The molecule has 2 atom stereocenters. The number of anilines is 1. The van der Waals surface area contributed by atoms with E-state index in [0.717, 1.165) is 10.2 Å². The van der Waals surface area contributed by atoms with E-state index in [1.807, 2.05) is 32.0 Å². The molecule has 24 heavy (non-hydrogen) atoms. The van der Waals surface area contributed by atoms with Gasteiger partial charge in [0.1, 0.15) is 12.0 Å². The predicted octanol–water partition coefficient (Wildman–Crippen LogP) is 2.42. The summed E-state index contributed by atoms with van der Waals surface area (Å²) in [6, 6.07) is 6.34. The van der Waals surface area contributed by atoms with Crippen molar-refractivity contribution in [3.8, 4) is 0 Å². The maximum absolute atomic E-state index is 12.6. The number of para-hydroxylation sites is 1. The van der Waals surface area contributed by atoms with Crippen molar-refractivity contribution in [2.75, 3.05) is 11.4 Å². The number of nitrogens with one attached hydrogen (secondary N) is 1. The molecule has 2 amide bonds. The average Bonchev–Trinajstić information content (AvgIpc) is 2.88. The van der Waals surface area contributed by atoms with Crippen LogP contribution in [0.15, 0.2) is 28.7 Å². The van der Waals surface area contributed by atoms with Gasteiger partial charge in [0.15, 0.2) is 0 Å². The minimum atomic E-state index is -1.08. The van der Waals surface area contributed by atoms with Gasteiger partial charge < -0.3 is 15.3 Å². The van der Waals surface area contributed by atoms with Crippen molar-refractivity contribution in [2.45, 2.75) is 32.7 Å². The second-order valence-electron chi connectivity index (χ2n) is 6.31. The highest BCUT2D eigenvalue weighted by Crippen LogP contribution is 2.31. The lowest BCUT2D eigenvalue weighted by molar-refractivity contribution is -0.144. The molecule has 130 valence electrons. The van der Waals surface area contributed by atoms with Gasteiger partial charge in [-0.1, -0.05) is 26.0 Å². The van der Waals surface area contributed by atoms with Crippen molar-refractivity contribution in [1.29, 1.82) is 0 Å². The van der Waals surface area contributed by atoms with Gasteiger partial charge in [0.05, 0.1) is 5.69 Å². The van der Waals surface area contributed by atoms with Crippen LogP contribution in [0.1, 0.15) is 26.7 Å². The topological polar surface area (TPSA) is 86.7 Å². The van der Waals surface area contributed by atoms with Gasteiger partial charge in [-0.3, -0.25) is 9.59 Å². The molecule has 0 radical (unpaired) electrons. The van der Waals surface area contributed by atoms with Crippen LogP contribution in [0.3, 0.4) is 0 Å². The molecule has 1 aromatic carbocycles. The number of carboxylic acids is 1. The molecule has 2 N–H and O–H groups in total. The van der Waals surface area contributed by atoms with Gasteiger partial charge in [-0.25, -0.2) is 4.79 Å². The van der Waals surface area contributed by atoms with Crippen molar-refractivity contribution >= 4 is 39.4 Å². The number of hydrogen-bond donors (Lipinski definition) is 2. The number of hydrogen-bond acceptors (Lipinski definition) is 3. The first-order valence-corrected chi connectivity index (χ1v) is 8.69. The summed E-state index contributed by atoms with van der Waals surface area (Å²) in [6.45, 7) is 4.20. The van der Waals surface area contributed by atoms with Gasteiger partial charge in [0.25, 0.3) is 0 Å². The van der Waals surface area contributed by atoms with Crippen LogP contribution >= 0.6 is 15.9 Å². The van der Waals surface area contributed by atoms with Crippen LogP contribution in [0.4, 0.5) is 5.69 Å². The highest BCUT2D eigenvalue weighted by Gasteiger charge is 2.39. The van der Waals surface area contributed by atoms with Crippen molar-refractivity contribution in [1.82, 2.24) is 5.32 Å². The molecule has 1 saturated heterocycles. The number of benzene rings is 1. The van der Waals surface area contributed by atoms with E-state index in [2.05, 4.69) is 21.2 Å². The number of aliphatic carboxylic acids is 1. The zero-order valence-corrected chi connectivity index (χ0v) is 15.2. The van der Waals surface area contributed by atoms with E-state index in [1.165, 1.54) is 0 Å². The van der Waals surface area contributed by atoms with E-state index >= 15 is 0 Å². The molecule has 0 aromatic heterocycles. The molecule has 1 aromatic rings. The Labute approximate surface area is 149 Å². The molecule has 6 nitrogen and oxygen atoms in total. The van der Waals surface area contributed by atoms with Gasteiger partial charge in [-0.05, 0) is 46.8 Å². The highest BCUT2D eigenvalue weighted by molar-refractivity contribution is 9.10. The molecule has 0 spiro atoms. The van der Waals surface area contributed by atoms with Crippen LogP contribution in [-0.2, 0) is 14.4 Å². The van der Waals surface area contributed by atoms with E-state index in [4.69, 9.17) is 0 Å². The molecule has 7 heteroatoms. The summed E-state index contributed by atoms with van der Waals surface area (Å²) in [5.74, 6) is -2.60. The van der Waals surface area contributed by atoms with E-state index < -0.39 is 23.8 Å². The minimum Gasteiger partial charge on any atom is -0.480 e. The number of carbonyl (C=O) groups is 3. The Morgan fingerprint density at radius 2 is 2.04 bits per heavy atom. The smallest absolute Gasteiger partial charge is 0.326 e. The summed E-state index contributed by atoms with van der Waals surface area (Å²) >= 11 is 3.41. The van der Waals surface area contributed by atoms with Gasteiger partial charge in [0.2, 0.25) is 11.8 Å². The van der Waals surface area contributed by atoms with Crippen LogP contribution in [0, 0.1) is 11.8 Å². The lowest BCUT2D eigenvalue weighted by Crippen LogP contribution is -2.46. The Bertz CT molecular complexity index is 647. The van der Waals surface area contributed by atoms with Crippen LogP contribution in [0.2, 0.25) is 0 Å². The lowest BCUT2D eigenvalue weighted by atomic mass is 10.0. The molecule has 1 heterocycles. The molecule has 1 fully saturated rings. The van der Waals surface area contributed by atoms with Crippen molar-refractivity contribution in [3.05, 3.63) is 28.7 Å². The van der Waals surface area contributed by atoms with Crippen molar-refractivity contribution < 1.29 is 19.5 Å². The summed E-state index contributed by atoms with van der Waals surface area (Å²) in [7, 11) is 0. The zero-order valence-electron chi connectivity index (χ0n) is 13.7. The fourth-order valence-corrected chi connectivity index (χ4v) is 3.30. The molecule has 1 aliphatic rings. The standard InChI is InChI=1S/C17H21BrN2O4/c1-10(2)9-13(17(23)24)19-15(21)11-7-8-20(16(11)22)14-6-4-3-5-12(14)18/h3-6,10-11,13H,7-9H2,1-2H3,(H,19,21)(H,23,24). The van der Waals surface area contributed by atoms with Gasteiger partial charge >= 0.3 is 5.97 Å². The van der Waals surface area contributed by atoms with E-state index in [1.54, 1.807) is 11.0 Å². The normalized spacial score (nSPS) is 18.8.